The summed E-state index contributed by atoms with van der Waals surface area (Å²) in [7, 11) is 1.71. The molecule has 19 heavy (non-hydrogen) atoms. The van der Waals surface area contributed by atoms with Gasteiger partial charge in [-0.1, -0.05) is 11.6 Å². The quantitative estimate of drug-likeness (QED) is 0.843. The van der Waals surface area contributed by atoms with Gasteiger partial charge in [0.1, 0.15) is 0 Å². The number of hydrogen-bond acceptors (Lipinski definition) is 3. The Morgan fingerprint density at radius 2 is 2.26 bits per heavy atom. The third kappa shape index (κ3) is 4.11. The first-order chi connectivity index (χ1) is 9.10. The first-order valence-electron chi connectivity index (χ1n) is 6.42. The number of halogens is 1. The van der Waals surface area contributed by atoms with Crippen LogP contribution in [0, 0.1) is 5.92 Å². The van der Waals surface area contributed by atoms with Gasteiger partial charge in [0.05, 0.1) is 23.4 Å². The van der Waals surface area contributed by atoms with Crippen molar-refractivity contribution in [3.05, 3.63) is 23.2 Å². The minimum Gasteiger partial charge on any atom is -0.383 e. The molecule has 0 aromatic heterocycles. The molecule has 1 atom stereocenters. The molecule has 0 spiro atoms. The smallest absolute Gasteiger partial charge is 0.221 e. The van der Waals surface area contributed by atoms with Crippen molar-refractivity contribution in [3.63, 3.8) is 0 Å². The molecule has 1 unspecified atom stereocenters. The second-order valence-corrected chi connectivity index (χ2v) is 5.33. The van der Waals surface area contributed by atoms with Gasteiger partial charge in [-0.3, -0.25) is 4.79 Å². The number of ether oxygens (including phenoxy) is 1. The molecule has 0 saturated heterocycles. The van der Waals surface area contributed by atoms with Crippen molar-refractivity contribution in [2.75, 3.05) is 24.4 Å². The number of carbonyl (C=O) groups excluding carboxylic acids is 1. The zero-order valence-corrected chi connectivity index (χ0v) is 12.0. The van der Waals surface area contributed by atoms with E-state index in [-0.39, 0.29) is 5.91 Å². The monoisotopic (exact) mass is 282 g/mol. The Morgan fingerprint density at radius 1 is 1.53 bits per heavy atom. The lowest BCUT2D eigenvalue weighted by atomic mass is 10.2. The maximum absolute atomic E-state index is 11.0. The highest BCUT2D eigenvalue weighted by atomic mass is 35.5. The van der Waals surface area contributed by atoms with E-state index in [1.807, 2.05) is 18.2 Å². The van der Waals surface area contributed by atoms with Crippen LogP contribution in [0.25, 0.3) is 0 Å². The number of benzene rings is 1. The fourth-order valence-corrected chi connectivity index (χ4v) is 2.31. The zero-order chi connectivity index (χ0) is 13.8. The highest BCUT2D eigenvalue weighted by molar-refractivity contribution is 6.34. The van der Waals surface area contributed by atoms with Gasteiger partial charge in [-0.2, -0.15) is 0 Å². The normalized spacial score (nSPS) is 15.9. The van der Waals surface area contributed by atoms with Gasteiger partial charge < -0.3 is 15.4 Å². The second kappa shape index (κ2) is 6.26. The first kappa shape index (κ1) is 14.2. The summed E-state index contributed by atoms with van der Waals surface area (Å²) in [5, 5.41) is 6.67. The van der Waals surface area contributed by atoms with E-state index in [0.717, 1.165) is 5.69 Å². The number of methoxy groups -OCH3 is 1. The predicted molar refractivity (Wildman–Crippen MR) is 77.8 cm³/mol. The molecule has 4 nitrogen and oxygen atoms in total. The van der Waals surface area contributed by atoms with Crippen LogP contribution in [0.2, 0.25) is 5.02 Å². The highest BCUT2D eigenvalue weighted by Gasteiger charge is 2.31. The lowest BCUT2D eigenvalue weighted by Gasteiger charge is -2.19. The van der Waals surface area contributed by atoms with Gasteiger partial charge in [0, 0.05) is 19.7 Å². The van der Waals surface area contributed by atoms with Crippen LogP contribution < -0.4 is 10.6 Å². The Hall–Kier alpha value is -1.26. The average molecular weight is 283 g/mol. The molecule has 1 amide bonds. The maximum Gasteiger partial charge on any atom is 0.221 e. The third-order valence-corrected chi connectivity index (χ3v) is 3.48. The number of hydrogen-bond donors (Lipinski definition) is 2. The van der Waals surface area contributed by atoms with Crippen LogP contribution in [-0.2, 0) is 9.53 Å². The SMILES string of the molecule is COCC(Nc1ccc(NC(C)=O)c(Cl)c1)C1CC1. The molecular formula is C14H19ClN2O2. The minimum atomic E-state index is -0.127. The van der Waals surface area contributed by atoms with Gasteiger partial charge >= 0.3 is 0 Å². The molecule has 0 aliphatic heterocycles. The Kier molecular flexibility index (Phi) is 4.66. The summed E-state index contributed by atoms with van der Waals surface area (Å²) in [6.07, 6.45) is 2.50. The van der Waals surface area contributed by atoms with Gasteiger partial charge in [0.15, 0.2) is 0 Å². The van der Waals surface area contributed by atoms with Crippen LogP contribution in [0.4, 0.5) is 11.4 Å². The fraction of sp³-hybridized carbons (Fsp3) is 0.500. The molecule has 104 valence electrons. The Balaban J connectivity index is 2.04. The summed E-state index contributed by atoms with van der Waals surface area (Å²) in [6, 6.07) is 5.88. The molecular weight excluding hydrogens is 264 g/mol. The molecule has 1 aliphatic carbocycles. The number of anilines is 2. The van der Waals surface area contributed by atoms with Crippen molar-refractivity contribution >= 4 is 28.9 Å². The lowest BCUT2D eigenvalue weighted by Crippen LogP contribution is -2.27. The highest BCUT2D eigenvalue weighted by Crippen LogP contribution is 2.35. The standard InChI is InChI=1S/C14H19ClN2O2/c1-9(18)16-13-6-5-11(7-12(13)15)17-14(8-19-2)10-3-4-10/h5-7,10,14,17H,3-4,8H2,1-2H3,(H,16,18). The van der Waals surface area contributed by atoms with Crippen molar-refractivity contribution in [2.45, 2.75) is 25.8 Å². The van der Waals surface area contributed by atoms with Gasteiger partial charge in [-0.25, -0.2) is 0 Å². The van der Waals surface area contributed by atoms with Gasteiger partial charge in [0.2, 0.25) is 5.91 Å². The molecule has 1 saturated carbocycles. The number of nitrogens with one attached hydrogen (secondary N) is 2. The van der Waals surface area contributed by atoms with Gasteiger partial charge in [-0.15, -0.1) is 0 Å². The molecule has 2 N–H and O–H groups in total. The van der Waals surface area contributed by atoms with E-state index in [0.29, 0.717) is 29.3 Å². The van der Waals surface area contributed by atoms with Crippen LogP contribution in [0.15, 0.2) is 18.2 Å². The maximum atomic E-state index is 11.0. The molecule has 1 fully saturated rings. The summed E-state index contributed by atoms with van der Waals surface area (Å²) in [6.45, 7) is 2.15. The number of carbonyl (C=O) groups is 1. The third-order valence-electron chi connectivity index (χ3n) is 3.17. The van der Waals surface area contributed by atoms with Crippen LogP contribution in [0.3, 0.4) is 0 Å². The Bertz CT molecular complexity index is 461. The minimum absolute atomic E-state index is 0.127. The molecule has 5 heteroatoms. The van der Waals surface area contributed by atoms with Crippen molar-refractivity contribution in [3.8, 4) is 0 Å². The zero-order valence-electron chi connectivity index (χ0n) is 11.2. The fourth-order valence-electron chi connectivity index (χ4n) is 2.08. The van der Waals surface area contributed by atoms with E-state index in [2.05, 4.69) is 10.6 Å². The molecule has 1 aromatic carbocycles. The molecule has 0 heterocycles. The summed E-state index contributed by atoms with van der Waals surface area (Å²) in [5.41, 5.74) is 1.59. The van der Waals surface area contributed by atoms with E-state index in [9.17, 15) is 4.79 Å². The first-order valence-corrected chi connectivity index (χ1v) is 6.80. The largest absolute Gasteiger partial charge is 0.383 e. The Labute approximate surface area is 118 Å². The topological polar surface area (TPSA) is 50.4 Å². The van der Waals surface area contributed by atoms with Crippen molar-refractivity contribution < 1.29 is 9.53 Å². The van der Waals surface area contributed by atoms with Gasteiger partial charge in [-0.05, 0) is 37.0 Å². The van der Waals surface area contributed by atoms with Crippen molar-refractivity contribution in [1.29, 1.82) is 0 Å². The second-order valence-electron chi connectivity index (χ2n) is 4.92. The average Bonchev–Trinajstić information content (AvgIpc) is 3.16. The number of rotatable bonds is 6. The molecule has 2 rings (SSSR count). The van der Waals surface area contributed by atoms with E-state index >= 15 is 0 Å². The van der Waals surface area contributed by atoms with Crippen LogP contribution in [0.5, 0.6) is 0 Å². The summed E-state index contributed by atoms with van der Waals surface area (Å²) < 4.78 is 5.23. The summed E-state index contributed by atoms with van der Waals surface area (Å²) in [4.78, 5) is 11.0. The van der Waals surface area contributed by atoms with Gasteiger partial charge in [0.25, 0.3) is 0 Å². The molecule has 1 aromatic rings. The molecule has 0 bridgehead atoms. The van der Waals surface area contributed by atoms with Crippen LogP contribution in [0.1, 0.15) is 19.8 Å². The van der Waals surface area contributed by atoms with Crippen molar-refractivity contribution in [2.24, 2.45) is 5.92 Å². The summed E-state index contributed by atoms with van der Waals surface area (Å²) >= 11 is 6.14. The van der Waals surface area contributed by atoms with Crippen LogP contribution >= 0.6 is 11.6 Å². The van der Waals surface area contributed by atoms with E-state index in [1.54, 1.807) is 7.11 Å². The van der Waals surface area contributed by atoms with E-state index in [1.165, 1.54) is 19.8 Å². The van der Waals surface area contributed by atoms with E-state index in [4.69, 9.17) is 16.3 Å². The Morgan fingerprint density at radius 3 is 2.79 bits per heavy atom. The lowest BCUT2D eigenvalue weighted by molar-refractivity contribution is -0.114. The van der Waals surface area contributed by atoms with Crippen LogP contribution in [-0.4, -0.2) is 25.7 Å². The van der Waals surface area contributed by atoms with E-state index < -0.39 is 0 Å². The van der Waals surface area contributed by atoms with Crippen molar-refractivity contribution in [1.82, 2.24) is 0 Å². The molecule has 0 radical (unpaired) electrons. The molecule has 1 aliphatic rings. The summed E-state index contributed by atoms with van der Waals surface area (Å²) in [5.74, 6) is 0.562. The number of amides is 1. The predicted octanol–water partition coefficient (Wildman–Crippen LogP) is 3.14.